The molecule has 2 heterocycles. The van der Waals surface area contributed by atoms with Crippen LogP contribution >= 0.6 is 11.3 Å². The Balaban J connectivity index is 1.64. The van der Waals surface area contributed by atoms with Crippen molar-refractivity contribution in [2.75, 3.05) is 19.2 Å². The lowest BCUT2D eigenvalue weighted by molar-refractivity contribution is 0.0600. The van der Waals surface area contributed by atoms with E-state index < -0.39 is 5.97 Å². The minimum absolute atomic E-state index is 0.156. The fourth-order valence-corrected chi connectivity index (χ4v) is 4.97. The molecular weight excluding hydrogens is 366 g/mol. The Kier molecular flexibility index (Phi) is 4.78. The summed E-state index contributed by atoms with van der Waals surface area (Å²) in [5.74, 6) is 1.11. The van der Waals surface area contributed by atoms with Crippen molar-refractivity contribution in [2.45, 2.75) is 32.6 Å². The molecule has 0 radical (unpaired) electrons. The molecular formula is C20H21NO5S. The van der Waals surface area contributed by atoms with Gasteiger partial charge in [0.2, 0.25) is 6.79 Å². The minimum Gasteiger partial charge on any atom is -0.465 e. The van der Waals surface area contributed by atoms with Gasteiger partial charge in [0, 0.05) is 10.4 Å². The molecule has 2 aliphatic rings. The van der Waals surface area contributed by atoms with Crippen LogP contribution in [0, 0.1) is 5.92 Å². The van der Waals surface area contributed by atoms with Gasteiger partial charge < -0.3 is 19.5 Å². The largest absolute Gasteiger partial charge is 0.465 e. The van der Waals surface area contributed by atoms with Gasteiger partial charge in [-0.05, 0) is 48.9 Å². The third-order valence-corrected chi connectivity index (χ3v) is 6.37. The Morgan fingerprint density at radius 2 is 2.11 bits per heavy atom. The van der Waals surface area contributed by atoms with Gasteiger partial charge in [0.05, 0.1) is 12.7 Å². The first-order valence-electron chi connectivity index (χ1n) is 9.04. The van der Waals surface area contributed by atoms with Crippen LogP contribution in [-0.2, 0) is 17.6 Å². The van der Waals surface area contributed by atoms with Crippen molar-refractivity contribution in [3.63, 3.8) is 0 Å². The standard InChI is InChI=1S/C20H21NO5S/c1-3-11-4-6-13-16(8-11)27-19(17(13)20(23)24-2)21-18(22)12-5-7-14-15(9-12)26-10-25-14/h5,7,9,11H,3-4,6,8,10H2,1-2H3,(H,21,22). The highest BCUT2D eigenvalue weighted by molar-refractivity contribution is 7.17. The molecule has 6 nitrogen and oxygen atoms in total. The zero-order valence-electron chi connectivity index (χ0n) is 15.3. The van der Waals surface area contributed by atoms with Crippen LogP contribution in [0.4, 0.5) is 5.00 Å². The molecule has 1 aliphatic carbocycles. The lowest BCUT2D eigenvalue weighted by atomic mass is 9.85. The van der Waals surface area contributed by atoms with Crippen LogP contribution in [0.2, 0.25) is 0 Å². The van der Waals surface area contributed by atoms with E-state index in [0.717, 1.165) is 31.2 Å². The third-order valence-electron chi connectivity index (χ3n) is 5.20. The van der Waals surface area contributed by atoms with E-state index in [-0.39, 0.29) is 12.7 Å². The first kappa shape index (κ1) is 17.9. The van der Waals surface area contributed by atoms with Gasteiger partial charge in [0.1, 0.15) is 5.00 Å². The summed E-state index contributed by atoms with van der Waals surface area (Å²) >= 11 is 1.48. The smallest absolute Gasteiger partial charge is 0.341 e. The van der Waals surface area contributed by atoms with E-state index in [1.165, 1.54) is 23.3 Å². The highest BCUT2D eigenvalue weighted by Gasteiger charge is 2.30. The Hall–Kier alpha value is -2.54. The average Bonchev–Trinajstić information content (AvgIpc) is 3.29. The fraction of sp³-hybridized carbons (Fsp3) is 0.400. The molecule has 1 N–H and O–H groups in total. The highest BCUT2D eigenvalue weighted by atomic mass is 32.1. The van der Waals surface area contributed by atoms with Gasteiger partial charge in [-0.25, -0.2) is 4.79 Å². The highest BCUT2D eigenvalue weighted by Crippen LogP contribution is 2.41. The molecule has 0 saturated heterocycles. The van der Waals surface area contributed by atoms with Gasteiger partial charge >= 0.3 is 5.97 Å². The second-order valence-corrected chi connectivity index (χ2v) is 7.84. The summed E-state index contributed by atoms with van der Waals surface area (Å²) in [6.45, 7) is 2.34. The van der Waals surface area contributed by atoms with E-state index >= 15 is 0 Å². The second kappa shape index (κ2) is 7.23. The monoisotopic (exact) mass is 387 g/mol. The van der Waals surface area contributed by atoms with Crippen LogP contribution in [0.25, 0.3) is 0 Å². The van der Waals surface area contributed by atoms with E-state index in [9.17, 15) is 9.59 Å². The first-order valence-corrected chi connectivity index (χ1v) is 9.86. The second-order valence-electron chi connectivity index (χ2n) is 6.74. The number of carbonyl (C=O) groups excluding carboxylic acids is 2. The molecule has 0 fully saturated rings. The van der Waals surface area contributed by atoms with Crippen molar-refractivity contribution in [1.82, 2.24) is 0 Å². The van der Waals surface area contributed by atoms with Gasteiger partial charge in [0.15, 0.2) is 11.5 Å². The third kappa shape index (κ3) is 3.27. The number of hydrogen-bond acceptors (Lipinski definition) is 6. The van der Waals surface area contributed by atoms with Crippen molar-refractivity contribution in [1.29, 1.82) is 0 Å². The maximum Gasteiger partial charge on any atom is 0.341 e. The summed E-state index contributed by atoms with van der Waals surface area (Å²) < 4.78 is 15.6. The molecule has 27 heavy (non-hydrogen) atoms. The van der Waals surface area contributed by atoms with Crippen molar-refractivity contribution >= 4 is 28.2 Å². The molecule has 1 aromatic carbocycles. The molecule has 0 bridgehead atoms. The number of ether oxygens (including phenoxy) is 3. The lowest BCUT2D eigenvalue weighted by Crippen LogP contribution is -2.16. The summed E-state index contributed by atoms with van der Waals surface area (Å²) in [6.07, 6.45) is 3.96. The zero-order chi connectivity index (χ0) is 19.0. The van der Waals surface area contributed by atoms with Crippen LogP contribution in [0.5, 0.6) is 11.5 Å². The van der Waals surface area contributed by atoms with E-state index in [4.69, 9.17) is 14.2 Å². The quantitative estimate of drug-likeness (QED) is 0.802. The Morgan fingerprint density at radius 1 is 1.30 bits per heavy atom. The van der Waals surface area contributed by atoms with E-state index in [1.807, 2.05) is 0 Å². The number of benzene rings is 1. The number of thiophene rings is 1. The van der Waals surface area contributed by atoms with Crippen LogP contribution in [0.15, 0.2) is 18.2 Å². The molecule has 1 aliphatic heterocycles. The van der Waals surface area contributed by atoms with Crippen LogP contribution in [0.3, 0.4) is 0 Å². The summed E-state index contributed by atoms with van der Waals surface area (Å²) in [6, 6.07) is 5.04. The van der Waals surface area contributed by atoms with E-state index in [2.05, 4.69) is 12.2 Å². The maximum absolute atomic E-state index is 12.8. The van der Waals surface area contributed by atoms with E-state index in [1.54, 1.807) is 18.2 Å². The molecule has 0 spiro atoms. The summed E-state index contributed by atoms with van der Waals surface area (Å²) in [4.78, 5) is 26.3. The molecule has 4 rings (SSSR count). The van der Waals surface area contributed by atoms with Crippen molar-refractivity contribution in [3.05, 3.63) is 39.8 Å². The normalized spacial score (nSPS) is 17.3. The summed E-state index contributed by atoms with van der Waals surface area (Å²) in [5.41, 5.74) is 1.98. The molecule has 7 heteroatoms. The number of fused-ring (bicyclic) bond motifs is 2. The number of carbonyl (C=O) groups is 2. The number of anilines is 1. The van der Waals surface area contributed by atoms with Crippen molar-refractivity contribution in [3.8, 4) is 11.5 Å². The van der Waals surface area contributed by atoms with Crippen molar-refractivity contribution < 1.29 is 23.8 Å². The molecule has 1 amide bonds. The van der Waals surface area contributed by atoms with Crippen LogP contribution < -0.4 is 14.8 Å². The Labute approximate surface area is 161 Å². The number of rotatable bonds is 4. The lowest BCUT2D eigenvalue weighted by Gasteiger charge is -2.20. The minimum atomic E-state index is -0.400. The SMILES string of the molecule is CCC1CCc2c(sc(NC(=O)c3ccc4c(c3)OCO4)c2C(=O)OC)C1. The predicted octanol–water partition coefficient (Wildman–Crippen LogP) is 4.03. The summed E-state index contributed by atoms with van der Waals surface area (Å²) in [5, 5.41) is 3.47. The van der Waals surface area contributed by atoms with E-state index in [0.29, 0.717) is 33.5 Å². The van der Waals surface area contributed by atoms with Gasteiger partial charge in [-0.3, -0.25) is 4.79 Å². The van der Waals surface area contributed by atoms with Gasteiger partial charge in [-0.1, -0.05) is 13.3 Å². The molecule has 1 aromatic heterocycles. The van der Waals surface area contributed by atoms with Gasteiger partial charge in [-0.15, -0.1) is 11.3 Å². The molecule has 1 atom stereocenters. The average molecular weight is 387 g/mol. The number of methoxy groups -OCH3 is 1. The fourth-order valence-electron chi connectivity index (χ4n) is 3.62. The predicted molar refractivity (Wildman–Crippen MR) is 102 cm³/mol. The molecule has 142 valence electrons. The number of esters is 1. The topological polar surface area (TPSA) is 73.9 Å². The number of amides is 1. The number of nitrogens with one attached hydrogen (secondary N) is 1. The van der Waals surface area contributed by atoms with Gasteiger partial charge in [-0.2, -0.15) is 0 Å². The summed E-state index contributed by atoms with van der Waals surface area (Å²) in [7, 11) is 1.37. The first-order chi connectivity index (χ1) is 13.1. The Morgan fingerprint density at radius 3 is 2.89 bits per heavy atom. The molecule has 1 unspecified atom stereocenters. The molecule has 2 aromatic rings. The number of hydrogen-bond donors (Lipinski definition) is 1. The van der Waals surface area contributed by atoms with Crippen LogP contribution in [-0.4, -0.2) is 25.8 Å². The Bertz CT molecular complexity index is 904. The van der Waals surface area contributed by atoms with Crippen LogP contribution in [0.1, 0.15) is 50.9 Å². The maximum atomic E-state index is 12.8. The van der Waals surface area contributed by atoms with Crippen molar-refractivity contribution in [2.24, 2.45) is 5.92 Å². The molecule has 0 saturated carbocycles. The zero-order valence-corrected chi connectivity index (χ0v) is 16.1. The van der Waals surface area contributed by atoms with Gasteiger partial charge in [0.25, 0.3) is 5.91 Å².